The van der Waals surface area contributed by atoms with E-state index in [9.17, 15) is 0 Å². The SMILES string of the molecule is CC(C)(NCC1CCOc2ccccc21)C1CC1. The van der Waals surface area contributed by atoms with E-state index in [1.165, 1.54) is 18.4 Å². The summed E-state index contributed by atoms with van der Waals surface area (Å²) in [5.41, 5.74) is 1.68. The van der Waals surface area contributed by atoms with Crippen molar-refractivity contribution in [3.05, 3.63) is 29.8 Å². The fourth-order valence-electron chi connectivity index (χ4n) is 2.96. The Balaban J connectivity index is 1.67. The number of fused-ring (bicyclic) bond motifs is 1. The van der Waals surface area contributed by atoms with E-state index in [-0.39, 0.29) is 0 Å². The van der Waals surface area contributed by atoms with E-state index in [4.69, 9.17) is 4.74 Å². The number of hydrogen-bond donors (Lipinski definition) is 1. The number of hydrogen-bond acceptors (Lipinski definition) is 2. The van der Waals surface area contributed by atoms with Crippen LogP contribution >= 0.6 is 0 Å². The van der Waals surface area contributed by atoms with Gasteiger partial charge in [0.1, 0.15) is 5.75 Å². The van der Waals surface area contributed by atoms with Gasteiger partial charge in [0.05, 0.1) is 6.61 Å². The first-order valence-electron chi connectivity index (χ1n) is 7.13. The summed E-state index contributed by atoms with van der Waals surface area (Å²) in [6, 6.07) is 8.48. The van der Waals surface area contributed by atoms with Crippen LogP contribution in [0.2, 0.25) is 0 Å². The fraction of sp³-hybridized carbons (Fsp3) is 0.625. The van der Waals surface area contributed by atoms with Crippen LogP contribution in [0.1, 0.15) is 44.6 Å². The number of para-hydroxylation sites is 1. The van der Waals surface area contributed by atoms with E-state index in [0.29, 0.717) is 11.5 Å². The minimum atomic E-state index is 0.299. The second kappa shape index (κ2) is 4.58. The van der Waals surface area contributed by atoms with Crippen molar-refractivity contribution >= 4 is 0 Å². The van der Waals surface area contributed by atoms with Crippen LogP contribution in [0.3, 0.4) is 0 Å². The van der Waals surface area contributed by atoms with Gasteiger partial charge in [0.2, 0.25) is 0 Å². The standard InChI is InChI=1S/C16H23NO/c1-16(2,13-7-8-13)17-11-12-9-10-18-15-6-4-3-5-14(12)15/h3-6,12-13,17H,7-11H2,1-2H3. The van der Waals surface area contributed by atoms with Crippen LogP contribution in [0.5, 0.6) is 5.75 Å². The smallest absolute Gasteiger partial charge is 0.122 e. The molecule has 1 saturated carbocycles. The molecule has 2 nitrogen and oxygen atoms in total. The summed E-state index contributed by atoms with van der Waals surface area (Å²) in [5, 5.41) is 3.78. The summed E-state index contributed by atoms with van der Waals surface area (Å²) < 4.78 is 5.72. The first-order chi connectivity index (χ1) is 8.67. The maximum Gasteiger partial charge on any atom is 0.122 e. The van der Waals surface area contributed by atoms with Gasteiger partial charge in [-0.05, 0) is 50.7 Å². The first kappa shape index (κ1) is 12.0. The Morgan fingerprint density at radius 3 is 2.78 bits per heavy atom. The summed E-state index contributed by atoms with van der Waals surface area (Å²) in [6.45, 7) is 6.61. The molecule has 18 heavy (non-hydrogen) atoms. The van der Waals surface area contributed by atoms with Gasteiger partial charge in [-0.15, -0.1) is 0 Å². The average molecular weight is 245 g/mol. The molecule has 1 aromatic rings. The van der Waals surface area contributed by atoms with E-state index in [2.05, 4.69) is 43.4 Å². The molecule has 1 fully saturated rings. The van der Waals surface area contributed by atoms with E-state index in [1.54, 1.807) is 0 Å². The molecule has 98 valence electrons. The molecule has 2 aliphatic rings. The fourth-order valence-corrected chi connectivity index (χ4v) is 2.96. The lowest BCUT2D eigenvalue weighted by molar-refractivity contribution is 0.251. The van der Waals surface area contributed by atoms with Gasteiger partial charge in [0.15, 0.2) is 0 Å². The van der Waals surface area contributed by atoms with Crippen LogP contribution in [0.15, 0.2) is 24.3 Å². The van der Waals surface area contributed by atoms with E-state index in [0.717, 1.165) is 31.2 Å². The van der Waals surface area contributed by atoms with Gasteiger partial charge in [-0.25, -0.2) is 0 Å². The molecule has 0 saturated heterocycles. The number of rotatable bonds is 4. The Labute approximate surface area is 110 Å². The van der Waals surface area contributed by atoms with Crippen LogP contribution in [0, 0.1) is 5.92 Å². The quantitative estimate of drug-likeness (QED) is 0.878. The summed E-state index contributed by atoms with van der Waals surface area (Å²) in [7, 11) is 0. The van der Waals surface area contributed by atoms with Crippen LogP contribution < -0.4 is 10.1 Å². The molecule has 3 rings (SSSR count). The minimum absolute atomic E-state index is 0.299. The highest BCUT2D eigenvalue weighted by molar-refractivity contribution is 5.38. The lowest BCUT2D eigenvalue weighted by atomic mass is 9.91. The number of benzene rings is 1. The molecule has 1 heterocycles. The molecule has 0 bridgehead atoms. The van der Waals surface area contributed by atoms with Crippen molar-refractivity contribution in [1.29, 1.82) is 0 Å². The van der Waals surface area contributed by atoms with Crippen LogP contribution in [-0.4, -0.2) is 18.7 Å². The van der Waals surface area contributed by atoms with Gasteiger partial charge in [-0.2, -0.15) is 0 Å². The average Bonchev–Trinajstić information content (AvgIpc) is 3.21. The third-order valence-electron chi connectivity index (χ3n) is 4.48. The Morgan fingerprint density at radius 2 is 2.00 bits per heavy atom. The zero-order chi connectivity index (χ0) is 12.6. The number of nitrogens with one attached hydrogen (secondary N) is 1. The summed E-state index contributed by atoms with van der Waals surface area (Å²) >= 11 is 0. The third kappa shape index (κ3) is 2.39. The normalized spacial score (nSPS) is 23.3. The van der Waals surface area contributed by atoms with Gasteiger partial charge in [0.25, 0.3) is 0 Å². The molecule has 1 aromatic carbocycles. The second-order valence-electron chi connectivity index (χ2n) is 6.25. The first-order valence-corrected chi connectivity index (χ1v) is 7.13. The highest BCUT2D eigenvalue weighted by atomic mass is 16.5. The molecule has 1 N–H and O–H groups in total. The molecule has 1 aliphatic carbocycles. The third-order valence-corrected chi connectivity index (χ3v) is 4.48. The summed E-state index contributed by atoms with van der Waals surface area (Å²) in [5.74, 6) is 2.57. The highest BCUT2D eigenvalue weighted by Crippen LogP contribution is 2.40. The van der Waals surface area contributed by atoms with E-state index < -0.39 is 0 Å². The zero-order valence-corrected chi connectivity index (χ0v) is 11.4. The molecule has 0 aromatic heterocycles. The van der Waals surface area contributed by atoms with Crippen LogP contribution in [0.4, 0.5) is 0 Å². The predicted molar refractivity (Wildman–Crippen MR) is 74.1 cm³/mol. The Bertz CT molecular complexity index is 423. The monoisotopic (exact) mass is 245 g/mol. The molecule has 1 aliphatic heterocycles. The largest absolute Gasteiger partial charge is 0.493 e. The minimum Gasteiger partial charge on any atom is -0.493 e. The Hall–Kier alpha value is -1.02. The maximum atomic E-state index is 5.72. The molecular weight excluding hydrogens is 222 g/mol. The molecule has 0 amide bonds. The van der Waals surface area contributed by atoms with Gasteiger partial charge < -0.3 is 10.1 Å². The van der Waals surface area contributed by atoms with Crippen molar-refractivity contribution in [2.45, 2.75) is 44.6 Å². The van der Waals surface area contributed by atoms with Crippen LogP contribution in [-0.2, 0) is 0 Å². The van der Waals surface area contributed by atoms with E-state index >= 15 is 0 Å². The van der Waals surface area contributed by atoms with Gasteiger partial charge in [-0.3, -0.25) is 0 Å². The van der Waals surface area contributed by atoms with Crippen LogP contribution in [0.25, 0.3) is 0 Å². The van der Waals surface area contributed by atoms with Crippen molar-refractivity contribution < 1.29 is 4.74 Å². The molecule has 0 radical (unpaired) electrons. The summed E-state index contributed by atoms with van der Waals surface area (Å²) in [4.78, 5) is 0. The van der Waals surface area contributed by atoms with Gasteiger partial charge >= 0.3 is 0 Å². The van der Waals surface area contributed by atoms with E-state index in [1.807, 2.05) is 0 Å². The lowest BCUT2D eigenvalue weighted by Crippen LogP contribution is -2.44. The molecule has 1 unspecified atom stereocenters. The Kier molecular flexibility index (Phi) is 3.06. The topological polar surface area (TPSA) is 21.3 Å². The lowest BCUT2D eigenvalue weighted by Gasteiger charge is -2.32. The van der Waals surface area contributed by atoms with Crippen molar-refractivity contribution in [2.75, 3.05) is 13.2 Å². The van der Waals surface area contributed by atoms with Crippen molar-refractivity contribution in [2.24, 2.45) is 5.92 Å². The summed E-state index contributed by atoms with van der Waals surface area (Å²) in [6.07, 6.45) is 3.92. The highest BCUT2D eigenvalue weighted by Gasteiger charge is 2.37. The molecule has 0 spiro atoms. The molecule has 1 atom stereocenters. The maximum absolute atomic E-state index is 5.72. The van der Waals surface area contributed by atoms with Crippen molar-refractivity contribution in [3.63, 3.8) is 0 Å². The zero-order valence-electron chi connectivity index (χ0n) is 11.4. The molecule has 2 heteroatoms. The van der Waals surface area contributed by atoms with Gasteiger partial charge in [-0.1, -0.05) is 18.2 Å². The van der Waals surface area contributed by atoms with Gasteiger partial charge in [0, 0.05) is 18.0 Å². The van der Waals surface area contributed by atoms with Crippen molar-refractivity contribution in [3.8, 4) is 5.75 Å². The molecular formula is C16H23NO. The second-order valence-corrected chi connectivity index (χ2v) is 6.25. The number of ether oxygens (including phenoxy) is 1. The van der Waals surface area contributed by atoms with Crippen molar-refractivity contribution in [1.82, 2.24) is 5.32 Å². The predicted octanol–water partition coefficient (Wildman–Crippen LogP) is 3.33. The Morgan fingerprint density at radius 1 is 1.22 bits per heavy atom.